The molecule has 1 aromatic carbocycles. The fraction of sp³-hybridized carbons (Fsp3) is 0.562. The zero-order valence-electron chi connectivity index (χ0n) is 12.1. The second kappa shape index (κ2) is 6.35. The van der Waals surface area contributed by atoms with E-state index in [-0.39, 0.29) is 5.56 Å². The van der Waals surface area contributed by atoms with Crippen LogP contribution in [0.25, 0.3) is 0 Å². The monoisotopic (exact) mass is 279 g/mol. The van der Waals surface area contributed by atoms with Crippen LogP contribution in [0, 0.1) is 11.7 Å². The fourth-order valence-electron chi connectivity index (χ4n) is 3.22. The zero-order chi connectivity index (χ0) is 14.7. The summed E-state index contributed by atoms with van der Waals surface area (Å²) in [7, 11) is 2.04. The lowest BCUT2D eigenvalue weighted by molar-refractivity contribution is 0.0696. The molecule has 3 nitrogen and oxygen atoms in total. The van der Waals surface area contributed by atoms with Crippen LogP contribution in [-0.2, 0) is 6.54 Å². The Labute approximate surface area is 119 Å². The molecule has 1 aliphatic rings. The summed E-state index contributed by atoms with van der Waals surface area (Å²) >= 11 is 0. The molecule has 0 aliphatic heterocycles. The van der Waals surface area contributed by atoms with Crippen LogP contribution in [0.2, 0.25) is 0 Å². The van der Waals surface area contributed by atoms with Gasteiger partial charge in [0.1, 0.15) is 5.82 Å². The van der Waals surface area contributed by atoms with Crippen LogP contribution in [0.5, 0.6) is 0 Å². The van der Waals surface area contributed by atoms with E-state index >= 15 is 0 Å². The second-order valence-corrected chi connectivity index (χ2v) is 5.90. The maximum Gasteiger partial charge on any atom is 0.335 e. The number of carbonyl (C=O) groups is 1. The van der Waals surface area contributed by atoms with Crippen molar-refractivity contribution in [2.45, 2.75) is 45.2 Å². The number of rotatable bonds is 4. The molecule has 1 saturated carbocycles. The number of aromatic carboxylic acids is 1. The first-order chi connectivity index (χ1) is 9.47. The van der Waals surface area contributed by atoms with Crippen LogP contribution in [0.15, 0.2) is 18.2 Å². The third-order valence-corrected chi connectivity index (χ3v) is 4.27. The molecule has 0 amide bonds. The minimum absolute atomic E-state index is 0.0186. The normalized spacial score (nSPS) is 23.0. The van der Waals surface area contributed by atoms with E-state index in [0.29, 0.717) is 18.5 Å². The van der Waals surface area contributed by atoms with Gasteiger partial charge < -0.3 is 5.11 Å². The van der Waals surface area contributed by atoms with Gasteiger partial charge in [0, 0.05) is 12.6 Å². The predicted octanol–water partition coefficient (Wildman–Crippen LogP) is 3.53. The van der Waals surface area contributed by atoms with Gasteiger partial charge in [0.05, 0.1) is 5.56 Å². The van der Waals surface area contributed by atoms with Crippen molar-refractivity contribution >= 4 is 5.97 Å². The van der Waals surface area contributed by atoms with Crippen molar-refractivity contribution in [1.82, 2.24) is 4.90 Å². The van der Waals surface area contributed by atoms with Gasteiger partial charge in [-0.3, -0.25) is 4.90 Å². The topological polar surface area (TPSA) is 40.5 Å². The zero-order valence-corrected chi connectivity index (χ0v) is 12.1. The summed E-state index contributed by atoms with van der Waals surface area (Å²) < 4.78 is 13.5. The first-order valence-electron chi connectivity index (χ1n) is 7.20. The van der Waals surface area contributed by atoms with Crippen molar-refractivity contribution in [2.24, 2.45) is 5.92 Å². The van der Waals surface area contributed by atoms with E-state index in [0.717, 1.165) is 11.6 Å². The summed E-state index contributed by atoms with van der Waals surface area (Å²) in [6.45, 7) is 2.85. The summed E-state index contributed by atoms with van der Waals surface area (Å²) in [5.41, 5.74) is 0.743. The minimum Gasteiger partial charge on any atom is -0.478 e. The molecule has 1 fully saturated rings. The van der Waals surface area contributed by atoms with E-state index in [4.69, 9.17) is 5.11 Å². The fourth-order valence-corrected chi connectivity index (χ4v) is 3.22. The van der Waals surface area contributed by atoms with Crippen molar-refractivity contribution in [3.05, 3.63) is 35.1 Å². The van der Waals surface area contributed by atoms with Gasteiger partial charge in [-0.25, -0.2) is 9.18 Å². The van der Waals surface area contributed by atoms with Gasteiger partial charge in [-0.2, -0.15) is 0 Å². The van der Waals surface area contributed by atoms with Crippen molar-refractivity contribution in [1.29, 1.82) is 0 Å². The van der Waals surface area contributed by atoms with E-state index in [1.54, 1.807) is 6.07 Å². The second-order valence-electron chi connectivity index (χ2n) is 5.90. The number of benzene rings is 1. The Balaban J connectivity index is 2.10. The first kappa shape index (κ1) is 15.0. The molecule has 1 aromatic rings. The highest BCUT2D eigenvalue weighted by Crippen LogP contribution is 2.28. The van der Waals surface area contributed by atoms with Gasteiger partial charge in [0.2, 0.25) is 0 Å². The van der Waals surface area contributed by atoms with E-state index in [2.05, 4.69) is 11.8 Å². The Morgan fingerprint density at radius 3 is 2.70 bits per heavy atom. The number of halogens is 1. The number of carboxylic acid groups (broad SMARTS) is 1. The van der Waals surface area contributed by atoms with Crippen molar-refractivity contribution in [3.8, 4) is 0 Å². The molecule has 1 N–H and O–H groups in total. The molecule has 0 heterocycles. The van der Waals surface area contributed by atoms with Crippen LogP contribution >= 0.6 is 0 Å². The summed E-state index contributed by atoms with van der Waals surface area (Å²) in [5, 5.41) is 8.98. The molecular weight excluding hydrogens is 257 g/mol. The summed E-state index contributed by atoms with van der Waals surface area (Å²) in [4.78, 5) is 13.2. The largest absolute Gasteiger partial charge is 0.478 e. The molecule has 0 saturated heterocycles. The summed E-state index contributed by atoms with van der Waals surface area (Å²) in [6, 6.07) is 4.56. The Morgan fingerprint density at radius 2 is 2.05 bits per heavy atom. The van der Waals surface area contributed by atoms with Gasteiger partial charge in [0.25, 0.3) is 0 Å². The highest BCUT2D eigenvalue weighted by atomic mass is 19.1. The van der Waals surface area contributed by atoms with Crippen LogP contribution in [0.1, 0.15) is 48.5 Å². The maximum absolute atomic E-state index is 13.5. The molecule has 0 radical (unpaired) electrons. The van der Waals surface area contributed by atoms with E-state index in [1.807, 2.05) is 7.05 Å². The summed E-state index contributed by atoms with van der Waals surface area (Å²) in [6.07, 6.45) is 4.93. The first-order valence-corrected chi connectivity index (χ1v) is 7.20. The lowest BCUT2D eigenvalue weighted by Crippen LogP contribution is -2.38. The maximum atomic E-state index is 13.5. The van der Waals surface area contributed by atoms with E-state index in [9.17, 15) is 9.18 Å². The van der Waals surface area contributed by atoms with Gasteiger partial charge in [0.15, 0.2) is 0 Å². The number of carboxylic acids is 1. The quantitative estimate of drug-likeness (QED) is 0.916. The number of hydrogen-bond donors (Lipinski definition) is 1. The molecule has 0 spiro atoms. The average molecular weight is 279 g/mol. The molecular formula is C16H22FNO2. The van der Waals surface area contributed by atoms with E-state index in [1.165, 1.54) is 31.7 Å². The lowest BCUT2D eigenvalue weighted by Gasteiger charge is -2.36. The Hall–Kier alpha value is -1.42. The molecule has 1 aliphatic carbocycles. The number of hydrogen-bond acceptors (Lipinski definition) is 2. The standard InChI is InChI=1S/C16H22FNO2/c1-11-5-3-4-6-15(11)18(2)10-12-7-13(16(19)20)9-14(17)8-12/h7-9,11,15H,3-6,10H2,1-2H3,(H,19,20). The van der Waals surface area contributed by atoms with Crippen LogP contribution in [-0.4, -0.2) is 29.1 Å². The van der Waals surface area contributed by atoms with Gasteiger partial charge in [-0.1, -0.05) is 19.8 Å². The van der Waals surface area contributed by atoms with Crippen molar-refractivity contribution in [2.75, 3.05) is 7.05 Å². The lowest BCUT2D eigenvalue weighted by atomic mass is 9.85. The van der Waals surface area contributed by atoms with Gasteiger partial charge in [-0.05, 0) is 49.6 Å². The third-order valence-electron chi connectivity index (χ3n) is 4.27. The van der Waals surface area contributed by atoms with Crippen LogP contribution in [0.3, 0.4) is 0 Å². The summed E-state index contributed by atoms with van der Waals surface area (Å²) in [5.74, 6) is -0.925. The number of nitrogens with zero attached hydrogens (tertiary/aromatic N) is 1. The molecule has 0 bridgehead atoms. The average Bonchev–Trinajstić information content (AvgIpc) is 2.38. The van der Waals surface area contributed by atoms with Gasteiger partial charge in [-0.15, -0.1) is 0 Å². The Morgan fingerprint density at radius 1 is 1.35 bits per heavy atom. The Bertz CT molecular complexity index is 489. The molecule has 0 aromatic heterocycles. The molecule has 20 heavy (non-hydrogen) atoms. The SMILES string of the molecule is CC1CCCCC1N(C)Cc1cc(F)cc(C(=O)O)c1. The molecule has 2 atom stereocenters. The van der Waals surface area contributed by atoms with Crippen molar-refractivity contribution in [3.63, 3.8) is 0 Å². The molecule has 110 valence electrons. The molecule has 2 unspecified atom stereocenters. The molecule has 2 rings (SSSR count). The van der Waals surface area contributed by atoms with Crippen molar-refractivity contribution < 1.29 is 14.3 Å². The predicted molar refractivity (Wildman–Crippen MR) is 76.2 cm³/mol. The Kier molecular flexibility index (Phi) is 4.76. The van der Waals surface area contributed by atoms with Crippen LogP contribution in [0.4, 0.5) is 4.39 Å². The third kappa shape index (κ3) is 3.57. The minimum atomic E-state index is -1.08. The highest BCUT2D eigenvalue weighted by Gasteiger charge is 2.25. The van der Waals surface area contributed by atoms with E-state index < -0.39 is 11.8 Å². The van der Waals surface area contributed by atoms with Crippen LogP contribution < -0.4 is 0 Å². The molecule has 4 heteroatoms. The smallest absolute Gasteiger partial charge is 0.335 e. The van der Waals surface area contributed by atoms with Gasteiger partial charge >= 0.3 is 5.97 Å². The highest BCUT2D eigenvalue weighted by molar-refractivity contribution is 5.87.